The van der Waals surface area contributed by atoms with E-state index < -0.39 is 46.5 Å². The van der Waals surface area contributed by atoms with Crippen LogP contribution >= 0.6 is 0 Å². The molecule has 0 unspecified atom stereocenters. The molecule has 1 fully saturated rings. The standard InChI is InChI=1S/C19H22N8O7S/c1-2-21-17(30)14-12(28)13(29)18(34-14)27-8-24-11-15(22-7-23-16(11)27)26-19(31)25-9-4-3-5-10(6-9)35(20,32)33/h3-8,12-14,18,28-29H,2H2,1H3,(H,21,30)(H2,20,32,33)(H2,22,23,25,26,31)/t12-,13+,14-,18+/m0/s1. The molecule has 4 rings (SSSR count). The average molecular weight is 507 g/mol. The van der Waals surface area contributed by atoms with E-state index in [1.807, 2.05) is 0 Å². The van der Waals surface area contributed by atoms with E-state index >= 15 is 0 Å². The molecule has 15 nitrogen and oxygen atoms in total. The van der Waals surface area contributed by atoms with Crippen molar-refractivity contribution in [2.24, 2.45) is 5.14 Å². The molecule has 1 aliphatic heterocycles. The first-order chi connectivity index (χ1) is 16.6. The van der Waals surface area contributed by atoms with Crippen LogP contribution in [0.2, 0.25) is 0 Å². The van der Waals surface area contributed by atoms with Gasteiger partial charge >= 0.3 is 6.03 Å². The second kappa shape index (κ2) is 9.51. The molecule has 2 aromatic heterocycles. The number of carbonyl (C=O) groups is 2. The third-order valence-corrected chi connectivity index (χ3v) is 6.04. The third kappa shape index (κ3) is 4.91. The highest BCUT2D eigenvalue weighted by Crippen LogP contribution is 2.32. The molecule has 0 spiro atoms. The number of benzene rings is 1. The highest BCUT2D eigenvalue weighted by molar-refractivity contribution is 7.89. The molecule has 186 valence electrons. The summed E-state index contributed by atoms with van der Waals surface area (Å²) < 4.78 is 29.9. The molecule has 7 N–H and O–H groups in total. The van der Waals surface area contributed by atoms with E-state index in [4.69, 9.17) is 9.88 Å². The molecule has 35 heavy (non-hydrogen) atoms. The number of hydrogen-bond donors (Lipinski definition) is 6. The zero-order valence-electron chi connectivity index (χ0n) is 18.2. The quantitative estimate of drug-likeness (QED) is 0.236. The number of carbonyl (C=O) groups excluding carboxylic acids is 2. The van der Waals surface area contributed by atoms with E-state index in [0.29, 0.717) is 6.54 Å². The molecule has 0 saturated carbocycles. The van der Waals surface area contributed by atoms with Gasteiger partial charge in [0.2, 0.25) is 10.0 Å². The minimum absolute atomic E-state index is 0.00200. The summed E-state index contributed by atoms with van der Waals surface area (Å²) in [7, 11) is -3.96. The highest BCUT2D eigenvalue weighted by atomic mass is 32.2. The van der Waals surface area contributed by atoms with Crippen LogP contribution < -0.4 is 21.1 Å². The Bertz CT molecular complexity index is 1380. The molecule has 4 atom stereocenters. The molecule has 1 aliphatic rings. The van der Waals surface area contributed by atoms with Crippen molar-refractivity contribution in [3.05, 3.63) is 36.9 Å². The maximum atomic E-state index is 12.5. The first-order valence-corrected chi connectivity index (χ1v) is 11.8. The lowest BCUT2D eigenvalue weighted by molar-refractivity contribution is -0.137. The highest BCUT2D eigenvalue weighted by Gasteiger charge is 2.47. The predicted molar refractivity (Wildman–Crippen MR) is 120 cm³/mol. The van der Waals surface area contributed by atoms with Crippen LogP contribution in [0.25, 0.3) is 11.2 Å². The smallest absolute Gasteiger partial charge is 0.324 e. The van der Waals surface area contributed by atoms with Crippen LogP contribution in [0.15, 0.2) is 41.8 Å². The number of nitrogens with two attached hydrogens (primary N) is 1. The van der Waals surface area contributed by atoms with E-state index in [9.17, 15) is 28.2 Å². The molecule has 1 aromatic carbocycles. The van der Waals surface area contributed by atoms with Gasteiger partial charge in [0.15, 0.2) is 29.3 Å². The zero-order chi connectivity index (χ0) is 25.3. The lowest BCUT2D eigenvalue weighted by Gasteiger charge is -2.16. The first kappa shape index (κ1) is 24.4. The molecule has 0 bridgehead atoms. The van der Waals surface area contributed by atoms with Crippen molar-refractivity contribution in [1.29, 1.82) is 0 Å². The van der Waals surface area contributed by atoms with Crippen LogP contribution in [0.5, 0.6) is 0 Å². The summed E-state index contributed by atoms with van der Waals surface area (Å²) in [5, 5.41) is 33.3. The number of ether oxygens (including phenoxy) is 1. The lowest BCUT2D eigenvalue weighted by atomic mass is 10.1. The minimum atomic E-state index is -3.96. The summed E-state index contributed by atoms with van der Waals surface area (Å²) in [6, 6.07) is 4.60. The van der Waals surface area contributed by atoms with Gasteiger partial charge in [0.05, 0.1) is 11.2 Å². The molecule has 3 aromatic rings. The van der Waals surface area contributed by atoms with E-state index in [0.717, 1.165) is 6.33 Å². The van der Waals surface area contributed by atoms with Crippen LogP contribution in [0.3, 0.4) is 0 Å². The fourth-order valence-corrected chi connectivity index (χ4v) is 4.09. The van der Waals surface area contributed by atoms with Gasteiger partial charge in [-0.2, -0.15) is 0 Å². The van der Waals surface area contributed by atoms with Crippen molar-refractivity contribution in [2.45, 2.75) is 36.4 Å². The fraction of sp³-hybridized carbons (Fsp3) is 0.316. The number of anilines is 2. The maximum absolute atomic E-state index is 12.5. The normalized spacial score (nSPS) is 22.2. The van der Waals surface area contributed by atoms with Gasteiger partial charge in [-0.15, -0.1) is 0 Å². The topological polar surface area (TPSA) is 224 Å². The van der Waals surface area contributed by atoms with Crippen molar-refractivity contribution in [2.75, 3.05) is 17.2 Å². The van der Waals surface area contributed by atoms with Gasteiger partial charge in [-0.25, -0.2) is 33.3 Å². The van der Waals surface area contributed by atoms with Crippen LogP contribution in [0.4, 0.5) is 16.3 Å². The number of aliphatic hydroxyl groups is 2. The van der Waals surface area contributed by atoms with Crippen molar-refractivity contribution in [3.8, 4) is 0 Å². The number of hydrogen-bond acceptors (Lipinski definition) is 10. The van der Waals surface area contributed by atoms with Gasteiger partial charge < -0.3 is 25.6 Å². The summed E-state index contributed by atoms with van der Waals surface area (Å²) in [6.45, 7) is 2.02. The Hall–Kier alpha value is -3.70. The monoisotopic (exact) mass is 506 g/mol. The van der Waals surface area contributed by atoms with Crippen LogP contribution in [-0.4, -0.2) is 74.9 Å². The van der Waals surface area contributed by atoms with Crippen molar-refractivity contribution < 1.29 is 33.0 Å². The summed E-state index contributed by atoms with van der Waals surface area (Å²) in [5.74, 6) is -0.576. The van der Waals surface area contributed by atoms with E-state index in [1.54, 1.807) is 6.92 Å². The summed E-state index contributed by atoms with van der Waals surface area (Å²) in [4.78, 5) is 36.7. The number of aliphatic hydroxyl groups excluding tert-OH is 2. The Balaban J connectivity index is 1.55. The summed E-state index contributed by atoms with van der Waals surface area (Å²) in [6.07, 6.45) is -3.02. The third-order valence-electron chi connectivity index (χ3n) is 5.13. The van der Waals surface area contributed by atoms with Gasteiger partial charge in [0.1, 0.15) is 18.5 Å². The van der Waals surface area contributed by atoms with Crippen LogP contribution in [0, 0.1) is 0 Å². The van der Waals surface area contributed by atoms with E-state index in [1.165, 1.54) is 35.2 Å². The Labute approximate surface area is 198 Å². The molecule has 0 radical (unpaired) electrons. The van der Waals surface area contributed by atoms with Gasteiger partial charge in [-0.1, -0.05) is 6.07 Å². The van der Waals surface area contributed by atoms with E-state index in [-0.39, 0.29) is 27.6 Å². The van der Waals surface area contributed by atoms with Gasteiger partial charge in [-0.3, -0.25) is 14.7 Å². The lowest BCUT2D eigenvalue weighted by Crippen LogP contribution is -2.42. The van der Waals surface area contributed by atoms with Crippen molar-refractivity contribution in [1.82, 2.24) is 24.8 Å². The molecule has 1 saturated heterocycles. The number of likely N-dealkylation sites (N-methyl/N-ethyl adjacent to an activating group) is 1. The van der Waals surface area contributed by atoms with Crippen LogP contribution in [0.1, 0.15) is 13.2 Å². The second-order valence-corrected chi connectivity index (χ2v) is 9.08. The fourth-order valence-electron chi connectivity index (χ4n) is 3.53. The molecular formula is C19H22N8O7S. The Morgan fingerprint density at radius 2 is 1.94 bits per heavy atom. The number of aromatic nitrogens is 4. The average Bonchev–Trinajstić information content (AvgIpc) is 3.35. The number of nitrogens with one attached hydrogen (secondary N) is 3. The number of nitrogens with zero attached hydrogens (tertiary/aromatic N) is 4. The van der Waals surface area contributed by atoms with Gasteiger partial charge in [0.25, 0.3) is 5.91 Å². The minimum Gasteiger partial charge on any atom is -0.387 e. The molecule has 0 aliphatic carbocycles. The van der Waals surface area contributed by atoms with Crippen molar-refractivity contribution in [3.63, 3.8) is 0 Å². The second-order valence-electron chi connectivity index (χ2n) is 7.52. The number of primary sulfonamides is 1. The first-order valence-electron chi connectivity index (χ1n) is 10.3. The Kier molecular flexibility index (Phi) is 6.64. The van der Waals surface area contributed by atoms with Gasteiger partial charge in [-0.05, 0) is 25.1 Å². The Morgan fingerprint density at radius 1 is 1.17 bits per heavy atom. The van der Waals surface area contributed by atoms with Gasteiger partial charge in [0, 0.05) is 12.2 Å². The number of urea groups is 1. The number of amides is 3. The largest absolute Gasteiger partial charge is 0.387 e. The zero-order valence-corrected chi connectivity index (χ0v) is 19.0. The summed E-state index contributed by atoms with van der Waals surface area (Å²) >= 11 is 0. The molecular weight excluding hydrogens is 484 g/mol. The summed E-state index contributed by atoms with van der Waals surface area (Å²) in [5.41, 5.74) is 0.449. The number of sulfonamides is 1. The molecule has 3 amide bonds. The predicted octanol–water partition coefficient (Wildman–Crippen LogP) is -1.13. The van der Waals surface area contributed by atoms with E-state index in [2.05, 4.69) is 30.9 Å². The number of fused-ring (bicyclic) bond motifs is 1. The maximum Gasteiger partial charge on any atom is 0.324 e. The number of rotatable bonds is 6. The van der Waals surface area contributed by atoms with Crippen molar-refractivity contribution >= 4 is 44.6 Å². The number of imidazole rings is 1. The van der Waals surface area contributed by atoms with Crippen LogP contribution in [-0.2, 0) is 19.6 Å². The Morgan fingerprint density at radius 3 is 2.66 bits per heavy atom. The molecule has 3 heterocycles. The SMILES string of the molecule is CCNC(=O)[C@H]1O[C@@H](n2cnc3c(NC(=O)Nc4cccc(S(N)(=O)=O)c4)ncnc32)[C@H](O)[C@@H]1O. The molecule has 16 heteroatoms.